The van der Waals surface area contributed by atoms with E-state index in [2.05, 4.69) is 10.2 Å². The third-order valence-electron chi connectivity index (χ3n) is 4.31. The van der Waals surface area contributed by atoms with Gasteiger partial charge in [-0.15, -0.1) is 0 Å². The number of hydrogen-bond acceptors (Lipinski definition) is 3. The first-order chi connectivity index (χ1) is 6.84. The van der Waals surface area contributed by atoms with E-state index in [-0.39, 0.29) is 6.10 Å². The molecular formula is C11H20N2O. The highest BCUT2D eigenvalue weighted by atomic mass is 16.3. The summed E-state index contributed by atoms with van der Waals surface area (Å²) in [5.74, 6) is 0.898. The largest absolute Gasteiger partial charge is 0.393 e. The van der Waals surface area contributed by atoms with Crippen LogP contribution in [-0.4, -0.2) is 47.8 Å². The van der Waals surface area contributed by atoms with Gasteiger partial charge in [0.2, 0.25) is 0 Å². The summed E-state index contributed by atoms with van der Waals surface area (Å²) < 4.78 is 0. The molecule has 3 aliphatic rings. The fourth-order valence-electron chi connectivity index (χ4n) is 3.55. The van der Waals surface area contributed by atoms with Crippen LogP contribution in [0.2, 0.25) is 0 Å². The predicted molar refractivity (Wildman–Crippen MR) is 55.1 cm³/mol. The van der Waals surface area contributed by atoms with Gasteiger partial charge in [-0.25, -0.2) is 0 Å². The van der Waals surface area contributed by atoms with Gasteiger partial charge in [0, 0.05) is 25.2 Å². The molecule has 2 N–H and O–H groups in total. The molecule has 3 fully saturated rings. The molecule has 3 heteroatoms. The molecule has 14 heavy (non-hydrogen) atoms. The zero-order valence-electron chi connectivity index (χ0n) is 8.65. The monoisotopic (exact) mass is 196 g/mol. The van der Waals surface area contributed by atoms with Gasteiger partial charge < -0.3 is 10.4 Å². The van der Waals surface area contributed by atoms with Crippen LogP contribution in [0.1, 0.15) is 25.7 Å². The molecule has 80 valence electrons. The van der Waals surface area contributed by atoms with Gasteiger partial charge in [-0.05, 0) is 38.1 Å². The smallest absolute Gasteiger partial charge is 0.0564 e. The Kier molecular flexibility index (Phi) is 2.26. The van der Waals surface area contributed by atoms with Crippen LogP contribution >= 0.6 is 0 Å². The van der Waals surface area contributed by atoms with Crippen LogP contribution in [0, 0.1) is 5.92 Å². The highest BCUT2D eigenvalue weighted by Gasteiger charge is 2.44. The molecule has 2 saturated heterocycles. The summed E-state index contributed by atoms with van der Waals surface area (Å²) >= 11 is 0. The molecule has 3 rings (SSSR count). The predicted octanol–water partition coefficient (Wildman–Crippen LogP) is 0.194. The van der Waals surface area contributed by atoms with E-state index < -0.39 is 0 Å². The second kappa shape index (κ2) is 3.47. The van der Waals surface area contributed by atoms with Crippen molar-refractivity contribution in [2.75, 3.05) is 19.6 Å². The molecule has 1 aliphatic carbocycles. The summed E-state index contributed by atoms with van der Waals surface area (Å²) in [6.45, 7) is 3.45. The molecule has 2 bridgehead atoms. The van der Waals surface area contributed by atoms with Crippen molar-refractivity contribution >= 4 is 0 Å². The van der Waals surface area contributed by atoms with E-state index in [4.69, 9.17) is 0 Å². The van der Waals surface area contributed by atoms with E-state index in [1.807, 2.05) is 0 Å². The van der Waals surface area contributed by atoms with Gasteiger partial charge in [-0.3, -0.25) is 4.90 Å². The molecule has 0 aromatic carbocycles. The maximum atomic E-state index is 9.47. The van der Waals surface area contributed by atoms with Crippen LogP contribution in [0.15, 0.2) is 0 Å². The fourth-order valence-corrected chi connectivity index (χ4v) is 3.55. The molecule has 0 aromatic rings. The summed E-state index contributed by atoms with van der Waals surface area (Å²) in [6.07, 6.45) is 4.72. The highest BCUT2D eigenvalue weighted by molar-refractivity contribution is 5.03. The summed E-state index contributed by atoms with van der Waals surface area (Å²) in [5.41, 5.74) is 0. The molecule has 0 amide bonds. The summed E-state index contributed by atoms with van der Waals surface area (Å²) in [7, 11) is 0. The molecule has 0 spiro atoms. The average Bonchev–Trinajstić information content (AvgIpc) is 2.78. The number of nitrogens with one attached hydrogen (secondary N) is 1. The van der Waals surface area contributed by atoms with Crippen LogP contribution in [0.4, 0.5) is 0 Å². The average molecular weight is 196 g/mol. The SMILES string of the molecule is OC1CCN([C@@H]2[C@H]3CC[C@H]2NC3)CC1. The Labute approximate surface area is 85.5 Å². The second-order valence-electron chi connectivity index (χ2n) is 5.11. The minimum absolute atomic E-state index is 0.0294. The fraction of sp³-hybridized carbons (Fsp3) is 1.00. The van der Waals surface area contributed by atoms with Crippen molar-refractivity contribution in [3.63, 3.8) is 0 Å². The Hall–Kier alpha value is -0.120. The van der Waals surface area contributed by atoms with Gasteiger partial charge >= 0.3 is 0 Å². The van der Waals surface area contributed by atoms with E-state index in [0.717, 1.165) is 43.9 Å². The second-order valence-corrected chi connectivity index (χ2v) is 5.11. The third-order valence-corrected chi connectivity index (χ3v) is 4.31. The molecule has 2 aliphatic heterocycles. The van der Waals surface area contributed by atoms with Crippen molar-refractivity contribution in [2.24, 2.45) is 5.92 Å². The minimum Gasteiger partial charge on any atom is -0.393 e. The van der Waals surface area contributed by atoms with Gasteiger partial charge in [0.15, 0.2) is 0 Å². The lowest BCUT2D eigenvalue weighted by molar-refractivity contribution is 0.0546. The van der Waals surface area contributed by atoms with Gasteiger partial charge in [0.25, 0.3) is 0 Å². The summed E-state index contributed by atoms with van der Waals surface area (Å²) in [5, 5.41) is 13.1. The first-order valence-electron chi connectivity index (χ1n) is 6.00. The maximum absolute atomic E-state index is 9.47. The molecule has 0 aromatic heterocycles. The van der Waals surface area contributed by atoms with E-state index >= 15 is 0 Å². The normalized spacial score (nSPS) is 44.8. The first-order valence-corrected chi connectivity index (χ1v) is 6.00. The zero-order valence-corrected chi connectivity index (χ0v) is 8.65. The number of aliphatic hydroxyl groups is 1. The Balaban J connectivity index is 1.65. The van der Waals surface area contributed by atoms with Crippen LogP contribution in [-0.2, 0) is 0 Å². The topological polar surface area (TPSA) is 35.5 Å². The van der Waals surface area contributed by atoms with Crippen molar-refractivity contribution in [1.29, 1.82) is 0 Å². The van der Waals surface area contributed by atoms with Crippen LogP contribution < -0.4 is 5.32 Å². The molecule has 3 atom stereocenters. The van der Waals surface area contributed by atoms with Crippen molar-refractivity contribution < 1.29 is 5.11 Å². The number of aliphatic hydroxyl groups excluding tert-OH is 1. The molecule has 1 saturated carbocycles. The standard InChI is InChI=1S/C11H20N2O/c14-9-3-5-13(6-4-9)11-8-1-2-10(11)12-7-8/h8-12,14H,1-7H2/t8-,10+,11+/m0/s1. The lowest BCUT2D eigenvalue weighted by atomic mass is 10.00. The van der Waals surface area contributed by atoms with Gasteiger partial charge in [0.1, 0.15) is 0 Å². The van der Waals surface area contributed by atoms with E-state index in [1.54, 1.807) is 0 Å². The lowest BCUT2D eigenvalue weighted by Gasteiger charge is -2.36. The molecule has 0 radical (unpaired) electrons. The lowest BCUT2D eigenvalue weighted by Crippen LogP contribution is -2.47. The Morgan fingerprint density at radius 1 is 1.07 bits per heavy atom. The molecular weight excluding hydrogens is 176 g/mol. The van der Waals surface area contributed by atoms with E-state index in [0.29, 0.717) is 0 Å². The van der Waals surface area contributed by atoms with Gasteiger partial charge in [-0.1, -0.05) is 0 Å². The van der Waals surface area contributed by atoms with Crippen molar-refractivity contribution in [3.05, 3.63) is 0 Å². The van der Waals surface area contributed by atoms with Crippen LogP contribution in [0.5, 0.6) is 0 Å². The van der Waals surface area contributed by atoms with Crippen LogP contribution in [0.3, 0.4) is 0 Å². The third kappa shape index (κ3) is 1.38. The number of hydrogen-bond donors (Lipinski definition) is 2. The first kappa shape index (κ1) is 9.13. The van der Waals surface area contributed by atoms with Crippen molar-refractivity contribution in [1.82, 2.24) is 10.2 Å². The Bertz CT molecular complexity index is 193. The number of piperidine rings is 2. The number of rotatable bonds is 1. The molecule has 2 heterocycles. The number of fused-ring (bicyclic) bond motifs is 2. The van der Waals surface area contributed by atoms with Gasteiger partial charge in [0.05, 0.1) is 6.10 Å². The number of likely N-dealkylation sites (tertiary alicyclic amines) is 1. The maximum Gasteiger partial charge on any atom is 0.0564 e. The molecule has 3 nitrogen and oxygen atoms in total. The quantitative estimate of drug-likeness (QED) is 0.628. The Morgan fingerprint density at radius 2 is 1.86 bits per heavy atom. The Morgan fingerprint density at radius 3 is 2.36 bits per heavy atom. The summed E-state index contributed by atoms with van der Waals surface area (Å²) in [6, 6.07) is 1.55. The van der Waals surface area contributed by atoms with E-state index in [1.165, 1.54) is 19.4 Å². The van der Waals surface area contributed by atoms with Crippen molar-refractivity contribution in [2.45, 2.75) is 43.9 Å². The zero-order chi connectivity index (χ0) is 9.54. The minimum atomic E-state index is -0.0294. The van der Waals surface area contributed by atoms with Crippen molar-refractivity contribution in [3.8, 4) is 0 Å². The van der Waals surface area contributed by atoms with Gasteiger partial charge in [-0.2, -0.15) is 0 Å². The van der Waals surface area contributed by atoms with Crippen LogP contribution in [0.25, 0.3) is 0 Å². The van der Waals surface area contributed by atoms with E-state index in [9.17, 15) is 5.11 Å². The summed E-state index contributed by atoms with van der Waals surface area (Å²) in [4.78, 5) is 2.62. The molecule has 0 unspecified atom stereocenters. The number of nitrogens with zero attached hydrogens (tertiary/aromatic N) is 1. The highest BCUT2D eigenvalue weighted by Crippen LogP contribution is 2.36.